The van der Waals surface area contributed by atoms with Crippen LogP contribution in [0.3, 0.4) is 0 Å². The molecule has 156 valence electrons. The van der Waals surface area contributed by atoms with Gasteiger partial charge in [0.05, 0.1) is 13.2 Å². The van der Waals surface area contributed by atoms with Crippen molar-refractivity contribution in [3.63, 3.8) is 0 Å². The lowest BCUT2D eigenvalue weighted by Gasteiger charge is -2.30. The van der Waals surface area contributed by atoms with E-state index < -0.39 is 0 Å². The van der Waals surface area contributed by atoms with Gasteiger partial charge in [-0.1, -0.05) is 31.2 Å². The zero-order valence-corrected chi connectivity index (χ0v) is 18.0. The van der Waals surface area contributed by atoms with E-state index in [1.165, 1.54) is 43.5 Å². The fourth-order valence-corrected chi connectivity index (χ4v) is 4.29. The molecule has 2 heterocycles. The third-order valence-corrected chi connectivity index (χ3v) is 6.01. The molecule has 2 aliphatic rings. The van der Waals surface area contributed by atoms with Gasteiger partial charge in [-0.3, -0.25) is 4.90 Å². The summed E-state index contributed by atoms with van der Waals surface area (Å²) in [7, 11) is 1.79. The van der Waals surface area contributed by atoms with Crippen molar-refractivity contribution in [3.8, 4) is 0 Å². The Labute approximate surface area is 171 Å². The van der Waals surface area contributed by atoms with Gasteiger partial charge in [0.1, 0.15) is 0 Å². The van der Waals surface area contributed by atoms with Crippen molar-refractivity contribution in [2.75, 3.05) is 46.4 Å². The fourth-order valence-electron chi connectivity index (χ4n) is 4.29. The molecular weight excluding hydrogens is 348 g/mol. The fraction of sp³-hybridized carbons (Fsp3) is 0.696. The summed E-state index contributed by atoms with van der Waals surface area (Å²) in [6, 6.07) is 8.98. The SMILES string of the molecule is CCNC(=NCc1cccc(CN2CCC(C)CC2)c1)N1CCC(COC)C1. The van der Waals surface area contributed by atoms with Crippen LogP contribution in [-0.2, 0) is 17.8 Å². The van der Waals surface area contributed by atoms with Gasteiger partial charge < -0.3 is 15.0 Å². The predicted octanol–water partition coefficient (Wildman–Crippen LogP) is 3.35. The highest BCUT2D eigenvalue weighted by Gasteiger charge is 2.24. The van der Waals surface area contributed by atoms with E-state index in [1.807, 2.05) is 0 Å². The third kappa shape index (κ3) is 6.21. The van der Waals surface area contributed by atoms with Crippen LogP contribution in [-0.4, -0.2) is 62.2 Å². The molecule has 0 saturated carbocycles. The van der Waals surface area contributed by atoms with Crippen LogP contribution in [0.4, 0.5) is 0 Å². The molecule has 1 N–H and O–H groups in total. The molecule has 3 rings (SSSR count). The first-order chi connectivity index (χ1) is 13.7. The van der Waals surface area contributed by atoms with Gasteiger partial charge in [-0.15, -0.1) is 0 Å². The van der Waals surface area contributed by atoms with Crippen LogP contribution in [0.1, 0.15) is 44.2 Å². The van der Waals surface area contributed by atoms with Gasteiger partial charge in [-0.2, -0.15) is 0 Å². The van der Waals surface area contributed by atoms with Gasteiger partial charge >= 0.3 is 0 Å². The largest absolute Gasteiger partial charge is 0.384 e. The highest BCUT2D eigenvalue weighted by Crippen LogP contribution is 2.19. The minimum Gasteiger partial charge on any atom is -0.384 e. The standard InChI is InChI=1S/C23H38N4O/c1-4-24-23(27-13-10-22(17-27)18-28-3)25-15-20-6-5-7-21(14-20)16-26-11-8-19(2)9-12-26/h5-7,14,19,22H,4,8-13,15-18H2,1-3H3,(H,24,25). The minimum atomic E-state index is 0.615. The topological polar surface area (TPSA) is 40.1 Å². The Balaban J connectivity index is 1.58. The van der Waals surface area contributed by atoms with Gasteiger partial charge in [0.25, 0.3) is 0 Å². The first-order valence-electron chi connectivity index (χ1n) is 11.0. The van der Waals surface area contributed by atoms with Gasteiger partial charge in [-0.25, -0.2) is 4.99 Å². The second-order valence-electron chi connectivity index (χ2n) is 8.50. The Bertz CT molecular complexity index is 625. The molecule has 0 radical (unpaired) electrons. The number of hydrogen-bond acceptors (Lipinski definition) is 3. The zero-order chi connectivity index (χ0) is 19.8. The molecule has 0 amide bonds. The van der Waals surface area contributed by atoms with E-state index in [1.54, 1.807) is 7.11 Å². The number of hydrogen-bond donors (Lipinski definition) is 1. The van der Waals surface area contributed by atoms with E-state index in [-0.39, 0.29) is 0 Å². The average molecular weight is 387 g/mol. The lowest BCUT2D eigenvalue weighted by Crippen LogP contribution is -2.40. The number of benzene rings is 1. The molecule has 0 aliphatic carbocycles. The van der Waals surface area contributed by atoms with E-state index in [4.69, 9.17) is 9.73 Å². The Morgan fingerprint density at radius 3 is 2.71 bits per heavy atom. The number of rotatable bonds is 7. The molecule has 0 bridgehead atoms. The highest BCUT2D eigenvalue weighted by molar-refractivity contribution is 5.80. The van der Waals surface area contributed by atoms with Crippen LogP contribution in [0.2, 0.25) is 0 Å². The number of likely N-dealkylation sites (tertiary alicyclic amines) is 2. The van der Waals surface area contributed by atoms with E-state index in [0.29, 0.717) is 5.92 Å². The molecule has 28 heavy (non-hydrogen) atoms. The Morgan fingerprint density at radius 1 is 1.18 bits per heavy atom. The minimum absolute atomic E-state index is 0.615. The molecule has 2 aliphatic heterocycles. The number of methoxy groups -OCH3 is 1. The first kappa shape index (κ1) is 21.1. The van der Waals surface area contributed by atoms with Crippen LogP contribution >= 0.6 is 0 Å². The first-order valence-corrected chi connectivity index (χ1v) is 11.0. The van der Waals surface area contributed by atoms with Crippen molar-refractivity contribution < 1.29 is 4.74 Å². The molecule has 5 heteroatoms. The summed E-state index contributed by atoms with van der Waals surface area (Å²) in [5.74, 6) is 2.54. The smallest absolute Gasteiger partial charge is 0.194 e. The summed E-state index contributed by atoms with van der Waals surface area (Å²) in [4.78, 5) is 9.91. The van der Waals surface area contributed by atoms with Crippen molar-refractivity contribution in [1.29, 1.82) is 0 Å². The summed E-state index contributed by atoms with van der Waals surface area (Å²) >= 11 is 0. The lowest BCUT2D eigenvalue weighted by atomic mass is 9.98. The Morgan fingerprint density at radius 2 is 1.96 bits per heavy atom. The molecule has 1 aromatic rings. The molecule has 2 fully saturated rings. The van der Waals surface area contributed by atoms with Crippen molar-refractivity contribution >= 4 is 5.96 Å². The molecule has 1 atom stereocenters. The van der Waals surface area contributed by atoms with Crippen molar-refractivity contribution in [3.05, 3.63) is 35.4 Å². The number of ether oxygens (including phenoxy) is 1. The van der Waals surface area contributed by atoms with E-state index in [2.05, 4.69) is 53.2 Å². The van der Waals surface area contributed by atoms with Crippen molar-refractivity contribution in [2.45, 2.75) is 46.2 Å². The zero-order valence-electron chi connectivity index (χ0n) is 18.0. The Hall–Kier alpha value is -1.59. The molecular formula is C23H38N4O. The second-order valence-corrected chi connectivity index (χ2v) is 8.50. The van der Waals surface area contributed by atoms with Gasteiger partial charge in [0.15, 0.2) is 5.96 Å². The summed E-state index contributed by atoms with van der Waals surface area (Å²) < 4.78 is 5.33. The van der Waals surface area contributed by atoms with Crippen LogP contribution < -0.4 is 5.32 Å². The molecule has 0 spiro atoms. The molecule has 0 aromatic heterocycles. The van der Waals surface area contributed by atoms with Crippen LogP contribution in [0, 0.1) is 11.8 Å². The molecule has 1 unspecified atom stereocenters. The van der Waals surface area contributed by atoms with Gasteiger partial charge in [-0.05, 0) is 56.3 Å². The van der Waals surface area contributed by atoms with Crippen LogP contribution in [0.5, 0.6) is 0 Å². The van der Waals surface area contributed by atoms with E-state index in [0.717, 1.165) is 51.2 Å². The average Bonchev–Trinajstić information content (AvgIpc) is 3.16. The molecule has 5 nitrogen and oxygen atoms in total. The third-order valence-electron chi connectivity index (χ3n) is 6.01. The number of nitrogens with zero attached hydrogens (tertiary/aromatic N) is 3. The number of nitrogens with one attached hydrogen (secondary N) is 1. The van der Waals surface area contributed by atoms with Gasteiger partial charge in [0, 0.05) is 39.2 Å². The second kappa shape index (κ2) is 10.8. The summed E-state index contributed by atoms with van der Waals surface area (Å²) in [6.07, 6.45) is 3.84. The predicted molar refractivity (Wildman–Crippen MR) is 116 cm³/mol. The number of piperidine rings is 1. The summed E-state index contributed by atoms with van der Waals surface area (Å²) in [6.45, 7) is 12.6. The maximum atomic E-state index is 5.33. The monoisotopic (exact) mass is 386 g/mol. The lowest BCUT2D eigenvalue weighted by molar-refractivity contribution is 0.157. The van der Waals surface area contributed by atoms with E-state index in [9.17, 15) is 0 Å². The molecule has 1 aromatic carbocycles. The maximum absolute atomic E-state index is 5.33. The summed E-state index contributed by atoms with van der Waals surface area (Å²) in [5.41, 5.74) is 2.71. The maximum Gasteiger partial charge on any atom is 0.194 e. The number of aliphatic imine (C=N–C) groups is 1. The van der Waals surface area contributed by atoms with Crippen LogP contribution in [0.15, 0.2) is 29.3 Å². The Kier molecular flexibility index (Phi) is 8.16. The van der Waals surface area contributed by atoms with Gasteiger partial charge in [0.2, 0.25) is 0 Å². The van der Waals surface area contributed by atoms with Crippen molar-refractivity contribution in [1.82, 2.24) is 15.1 Å². The van der Waals surface area contributed by atoms with Crippen molar-refractivity contribution in [2.24, 2.45) is 16.8 Å². The summed E-state index contributed by atoms with van der Waals surface area (Å²) in [5, 5.41) is 3.47. The normalized spacial score (nSPS) is 22.0. The van der Waals surface area contributed by atoms with E-state index >= 15 is 0 Å². The van der Waals surface area contributed by atoms with Crippen LogP contribution in [0.25, 0.3) is 0 Å². The molecule has 2 saturated heterocycles. The quantitative estimate of drug-likeness (QED) is 0.576. The highest BCUT2D eigenvalue weighted by atomic mass is 16.5. The number of guanidine groups is 1.